The summed E-state index contributed by atoms with van der Waals surface area (Å²) in [6, 6.07) is 0.257. The first kappa shape index (κ1) is 16.3. The van der Waals surface area contributed by atoms with Gasteiger partial charge in [0.15, 0.2) is 0 Å². The second-order valence-corrected chi connectivity index (χ2v) is 6.85. The van der Waals surface area contributed by atoms with Gasteiger partial charge in [0, 0.05) is 6.04 Å². The molecule has 3 unspecified atom stereocenters. The van der Waals surface area contributed by atoms with Crippen LogP contribution in [0.4, 0.5) is 0 Å². The smallest absolute Gasteiger partial charge is 0.307 e. The van der Waals surface area contributed by atoms with Crippen molar-refractivity contribution in [1.82, 2.24) is 5.32 Å². The normalized spacial score (nSPS) is 31.4. The molecule has 2 rings (SSSR count). The third-order valence-corrected chi connectivity index (χ3v) is 5.34. The predicted octanol–water partition coefficient (Wildman–Crippen LogP) is 3.35. The standard InChI is InChI=1S/C17H29NO3/c1-2-12-10-14(15(11-12)17(20)21)16(19)18-13-8-6-4-3-5-7-9-13/h12-15H,2-11H2,1H3,(H,18,19)(H,20,21). The van der Waals surface area contributed by atoms with E-state index in [0.29, 0.717) is 12.3 Å². The summed E-state index contributed by atoms with van der Waals surface area (Å²) in [6.07, 6.45) is 10.6. The number of carbonyl (C=O) groups is 2. The molecule has 4 nitrogen and oxygen atoms in total. The summed E-state index contributed by atoms with van der Waals surface area (Å²) in [5.41, 5.74) is 0. The van der Waals surface area contributed by atoms with Crippen molar-refractivity contribution in [2.45, 2.75) is 77.2 Å². The fourth-order valence-electron chi connectivity index (χ4n) is 3.95. The zero-order valence-electron chi connectivity index (χ0n) is 13.1. The lowest BCUT2D eigenvalue weighted by Crippen LogP contribution is -2.41. The largest absolute Gasteiger partial charge is 0.481 e. The van der Waals surface area contributed by atoms with Crippen molar-refractivity contribution in [3.8, 4) is 0 Å². The molecule has 0 aliphatic heterocycles. The lowest BCUT2D eigenvalue weighted by atomic mass is 9.93. The molecular weight excluding hydrogens is 266 g/mol. The number of carbonyl (C=O) groups excluding carboxylic acids is 1. The lowest BCUT2D eigenvalue weighted by Gasteiger charge is -2.24. The summed E-state index contributed by atoms with van der Waals surface area (Å²) in [5.74, 6) is -1.23. The van der Waals surface area contributed by atoms with Gasteiger partial charge in [-0.1, -0.05) is 45.4 Å². The minimum Gasteiger partial charge on any atom is -0.481 e. The molecule has 0 aromatic carbocycles. The van der Waals surface area contributed by atoms with E-state index in [9.17, 15) is 14.7 Å². The highest BCUT2D eigenvalue weighted by Crippen LogP contribution is 2.38. The topological polar surface area (TPSA) is 66.4 Å². The van der Waals surface area contributed by atoms with Crippen molar-refractivity contribution in [2.24, 2.45) is 17.8 Å². The summed E-state index contributed by atoms with van der Waals surface area (Å²) in [6.45, 7) is 2.08. The van der Waals surface area contributed by atoms with Crippen LogP contribution in [0.2, 0.25) is 0 Å². The number of aliphatic carboxylic acids is 1. The van der Waals surface area contributed by atoms with Crippen LogP contribution in [-0.4, -0.2) is 23.0 Å². The molecule has 4 heteroatoms. The van der Waals surface area contributed by atoms with Gasteiger partial charge in [-0.05, 0) is 31.6 Å². The summed E-state index contributed by atoms with van der Waals surface area (Å²) in [7, 11) is 0. The fraction of sp³-hybridized carbons (Fsp3) is 0.882. The van der Waals surface area contributed by atoms with Crippen LogP contribution in [0.1, 0.15) is 71.1 Å². The SMILES string of the molecule is CCC1CC(C(=O)O)C(C(=O)NC2CCCCCCC2)C1. The highest BCUT2D eigenvalue weighted by Gasteiger charge is 2.42. The van der Waals surface area contributed by atoms with E-state index in [4.69, 9.17) is 0 Å². The summed E-state index contributed by atoms with van der Waals surface area (Å²) in [5, 5.41) is 12.5. The van der Waals surface area contributed by atoms with Gasteiger partial charge in [-0.25, -0.2) is 0 Å². The van der Waals surface area contributed by atoms with Gasteiger partial charge in [0.25, 0.3) is 0 Å². The molecular formula is C17H29NO3. The Hall–Kier alpha value is -1.06. The minimum atomic E-state index is -0.802. The Kier molecular flexibility index (Phi) is 6.07. The van der Waals surface area contributed by atoms with Gasteiger partial charge in [-0.3, -0.25) is 9.59 Å². The Bertz CT molecular complexity index is 361. The van der Waals surface area contributed by atoms with Crippen LogP contribution in [0.5, 0.6) is 0 Å². The van der Waals surface area contributed by atoms with Gasteiger partial charge in [0.05, 0.1) is 11.8 Å². The van der Waals surface area contributed by atoms with Crippen molar-refractivity contribution in [1.29, 1.82) is 0 Å². The number of nitrogens with one attached hydrogen (secondary N) is 1. The van der Waals surface area contributed by atoms with E-state index in [-0.39, 0.29) is 17.9 Å². The molecule has 2 saturated carbocycles. The number of carboxylic acids is 1. The molecule has 0 bridgehead atoms. The first-order chi connectivity index (χ1) is 10.1. The number of carboxylic acid groups (broad SMARTS) is 1. The fourth-order valence-corrected chi connectivity index (χ4v) is 3.95. The van der Waals surface area contributed by atoms with Crippen LogP contribution in [0.3, 0.4) is 0 Å². The van der Waals surface area contributed by atoms with Gasteiger partial charge in [0.1, 0.15) is 0 Å². The van der Waals surface area contributed by atoms with Crippen LogP contribution < -0.4 is 5.32 Å². The molecule has 0 heterocycles. The van der Waals surface area contributed by atoms with Gasteiger partial charge < -0.3 is 10.4 Å². The number of hydrogen-bond donors (Lipinski definition) is 2. The highest BCUT2D eigenvalue weighted by molar-refractivity contribution is 5.85. The Morgan fingerprint density at radius 1 is 1.00 bits per heavy atom. The van der Waals surface area contributed by atoms with E-state index in [2.05, 4.69) is 12.2 Å². The first-order valence-electron chi connectivity index (χ1n) is 8.65. The van der Waals surface area contributed by atoms with Crippen LogP contribution in [0, 0.1) is 17.8 Å². The molecule has 1 amide bonds. The number of rotatable bonds is 4. The van der Waals surface area contributed by atoms with E-state index >= 15 is 0 Å². The van der Waals surface area contributed by atoms with Crippen molar-refractivity contribution in [3.05, 3.63) is 0 Å². The maximum Gasteiger partial charge on any atom is 0.307 e. The molecule has 3 atom stereocenters. The third-order valence-electron chi connectivity index (χ3n) is 5.34. The van der Waals surface area contributed by atoms with E-state index in [1.165, 1.54) is 32.1 Å². The quantitative estimate of drug-likeness (QED) is 0.836. The molecule has 0 aromatic heterocycles. The monoisotopic (exact) mass is 295 g/mol. The highest BCUT2D eigenvalue weighted by atomic mass is 16.4. The van der Waals surface area contributed by atoms with E-state index < -0.39 is 11.9 Å². The van der Waals surface area contributed by atoms with Crippen LogP contribution in [0.25, 0.3) is 0 Å². The maximum atomic E-state index is 12.5. The molecule has 2 N–H and O–H groups in total. The molecule has 120 valence electrons. The summed E-state index contributed by atoms with van der Waals surface area (Å²) >= 11 is 0. The molecule has 2 fully saturated rings. The zero-order chi connectivity index (χ0) is 15.2. The minimum absolute atomic E-state index is 0.0103. The molecule has 0 saturated heterocycles. The van der Waals surface area contributed by atoms with Crippen molar-refractivity contribution in [3.63, 3.8) is 0 Å². The van der Waals surface area contributed by atoms with Crippen LogP contribution >= 0.6 is 0 Å². The van der Waals surface area contributed by atoms with E-state index in [1.807, 2.05) is 0 Å². The third kappa shape index (κ3) is 4.45. The average Bonchev–Trinajstić information content (AvgIpc) is 2.86. The van der Waals surface area contributed by atoms with Gasteiger partial charge in [0.2, 0.25) is 5.91 Å². The van der Waals surface area contributed by atoms with Crippen molar-refractivity contribution >= 4 is 11.9 Å². The number of amides is 1. The van der Waals surface area contributed by atoms with Gasteiger partial charge >= 0.3 is 5.97 Å². The van der Waals surface area contributed by atoms with Gasteiger partial charge in [-0.2, -0.15) is 0 Å². The first-order valence-corrected chi connectivity index (χ1v) is 8.65. The van der Waals surface area contributed by atoms with Crippen LogP contribution in [0.15, 0.2) is 0 Å². The van der Waals surface area contributed by atoms with Crippen LogP contribution in [-0.2, 0) is 9.59 Å². The molecule has 0 spiro atoms. The summed E-state index contributed by atoms with van der Waals surface area (Å²) in [4.78, 5) is 23.9. The zero-order valence-corrected chi connectivity index (χ0v) is 13.1. The van der Waals surface area contributed by atoms with Gasteiger partial charge in [-0.15, -0.1) is 0 Å². The van der Waals surface area contributed by atoms with Crippen molar-refractivity contribution < 1.29 is 14.7 Å². The molecule has 0 aromatic rings. The molecule has 2 aliphatic rings. The van der Waals surface area contributed by atoms with E-state index in [1.54, 1.807) is 0 Å². The Labute approximate surface area is 127 Å². The number of hydrogen-bond acceptors (Lipinski definition) is 2. The maximum absolute atomic E-state index is 12.5. The Morgan fingerprint density at radius 2 is 1.57 bits per heavy atom. The molecule has 2 aliphatic carbocycles. The molecule has 0 radical (unpaired) electrons. The Morgan fingerprint density at radius 3 is 2.14 bits per heavy atom. The van der Waals surface area contributed by atoms with E-state index in [0.717, 1.165) is 25.7 Å². The molecule has 21 heavy (non-hydrogen) atoms. The second-order valence-electron chi connectivity index (χ2n) is 6.85. The predicted molar refractivity (Wildman–Crippen MR) is 81.9 cm³/mol. The van der Waals surface area contributed by atoms with Crippen molar-refractivity contribution in [2.75, 3.05) is 0 Å². The second kappa shape index (κ2) is 7.81. The lowest BCUT2D eigenvalue weighted by molar-refractivity contribution is -0.146. The Balaban J connectivity index is 1.92. The average molecular weight is 295 g/mol. The summed E-state index contributed by atoms with van der Waals surface area (Å²) < 4.78 is 0.